The molecule has 0 aliphatic carbocycles. The van der Waals surface area contributed by atoms with Gasteiger partial charge in [0.25, 0.3) is 5.91 Å². The number of amides is 1. The van der Waals surface area contributed by atoms with Gasteiger partial charge in [0.05, 0.1) is 0 Å². The van der Waals surface area contributed by atoms with Gasteiger partial charge in [-0.3, -0.25) is 4.79 Å². The molecule has 14 heavy (non-hydrogen) atoms. The van der Waals surface area contributed by atoms with Crippen LogP contribution < -0.4 is 0 Å². The third-order valence-electron chi connectivity index (χ3n) is 2.69. The summed E-state index contributed by atoms with van der Waals surface area (Å²) in [7, 11) is 0. The zero-order chi connectivity index (χ0) is 10.8. The van der Waals surface area contributed by atoms with Crippen molar-refractivity contribution in [2.75, 3.05) is 13.1 Å². The molecule has 1 radical (unpaired) electrons. The Kier molecular flexibility index (Phi) is 3.45. The van der Waals surface area contributed by atoms with Gasteiger partial charge in [-0.15, -0.1) is 0 Å². The lowest BCUT2D eigenvalue weighted by molar-refractivity contribution is -0.156. The Morgan fingerprint density at radius 2 is 2.00 bits per heavy atom. The Hall–Kier alpha value is -0.670. The first-order valence-corrected chi connectivity index (χ1v) is 4.91. The van der Waals surface area contributed by atoms with Crippen LogP contribution in [0.25, 0.3) is 0 Å². The molecule has 1 fully saturated rings. The number of halogens is 2. The summed E-state index contributed by atoms with van der Waals surface area (Å²) in [5, 5.41) is 0. The van der Waals surface area contributed by atoms with Crippen LogP contribution in [-0.4, -0.2) is 29.8 Å². The molecule has 2 nitrogen and oxygen atoms in total. The maximum Gasteiger partial charge on any atom is 0.322 e. The number of carbonyl (C=O) groups is 1. The number of rotatable bonds is 2. The molecule has 1 amide bonds. The standard InChI is InChI=1S/C10H16F2NO/c1-3-8-4-6-13(7-5-8)9(14)10(2,11)12/h8H,1,3-7H2,2H3. The lowest BCUT2D eigenvalue weighted by Crippen LogP contribution is -2.45. The van der Waals surface area contributed by atoms with E-state index in [0.717, 1.165) is 19.3 Å². The predicted molar refractivity (Wildman–Crippen MR) is 49.9 cm³/mol. The molecule has 0 spiro atoms. The minimum absolute atomic E-state index is 0.447. The summed E-state index contributed by atoms with van der Waals surface area (Å²) in [6.45, 7) is 5.33. The molecule has 0 N–H and O–H groups in total. The first kappa shape index (κ1) is 11.4. The zero-order valence-corrected chi connectivity index (χ0v) is 8.43. The van der Waals surface area contributed by atoms with Gasteiger partial charge >= 0.3 is 5.92 Å². The number of likely N-dealkylation sites (tertiary alicyclic amines) is 1. The fraction of sp³-hybridized carbons (Fsp3) is 0.800. The van der Waals surface area contributed by atoms with Gasteiger partial charge in [-0.1, -0.05) is 13.3 Å². The van der Waals surface area contributed by atoms with Gasteiger partial charge < -0.3 is 4.90 Å². The number of hydrogen-bond acceptors (Lipinski definition) is 1. The van der Waals surface area contributed by atoms with E-state index in [1.165, 1.54) is 4.90 Å². The molecule has 0 atom stereocenters. The maximum atomic E-state index is 12.7. The van der Waals surface area contributed by atoms with Crippen molar-refractivity contribution < 1.29 is 13.6 Å². The van der Waals surface area contributed by atoms with Crippen LogP contribution in [0.15, 0.2) is 0 Å². The fourth-order valence-corrected chi connectivity index (χ4v) is 1.70. The summed E-state index contributed by atoms with van der Waals surface area (Å²) in [6, 6.07) is 0. The Balaban J connectivity index is 2.46. The molecule has 0 saturated carbocycles. The topological polar surface area (TPSA) is 20.3 Å². The van der Waals surface area contributed by atoms with E-state index in [2.05, 4.69) is 6.92 Å². The number of piperidine rings is 1. The molecule has 0 aromatic heterocycles. The lowest BCUT2D eigenvalue weighted by Gasteiger charge is -2.32. The first-order valence-electron chi connectivity index (χ1n) is 4.91. The average molecular weight is 204 g/mol. The van der Waals surface area contributed by atoms with Crippen molar-refractivity contribution in [2.24, 2.45) is 5.92 Å². The van der Waals surface area contributed by atoms with Gasteiger partial charge in [-0.05, 0) is 18.8 Å². The Labute approximate surface area is 83.3 Å². The van der Waals surface area contributed by atoms with E-state index in [1.807, 2.05) is 0 Å². The number of carbonyl (C=O) groups excluding carboxylic acids is 1. The highest BCUT2D eigenvalue weighted by Gasteiger charge is 2.37. The summed E-state index contributed by atoms with van der Waals surface area (Å²) in [4.78, 5) is 12.4. The van der Waals surface area contributed by atoms with E-state index < -0.39 is 11.8 Å². The monoisotopic (exact) mass is 204 g/mol. The van der Waals surface area contributed by atoms with Crippen molar-refractivity contribution in [2.45, 2.75) is 32.1 Å². The van der Waals surface area contributed by atoms with Crippen LogP contribution in [-0.2, 0) is 4.79 Å². The normalized spacial score (nSPS) is 19.9. The molecule has 1 aliphatic heterocycles. The third kappa shape index (κ3) is 2.66. The van der Waals surface area contributed by atoms with Crippen molar-refractivity contribution in [1.29, 1.82) is 0 Å². The van der Waals surface area contributed by atoms with Crippen molar-refractivity contribution in [1.82, 2.24) is 4.90 Å². The van der Waals surface area contributed by atoms with Crippen LogP contribution in [0.5, 0.6) is 0 Å². The van der Waals surface area contributed by atoms with Gasteiger partial charge in [0.15, 0.2) is 0 Å². The number of hydrogen-bond donors (Lipinski definition) is 0. The second kappa shape index (κ2) is 4.24. The van der Waals surface area contributed by atoms with E-state index in [4.69, 9.17) is 0 Å². The van der Waals surface area contributed by atoms with Crippen LogP contribution in [0.2, 0.25) is 0 Å². The molecule has 1 saturated heterocycles. The van der Waals surface area contributed by atoms with E-state index in [0.29, 0.717) is 25.9 Å². The maximum absolute atomic E-state index is 12.7. The Morgan fingerprint density at radius 1 is 1.50 bits per heavy atom. The fourth-order valence-electron chi connectivity index (χ4n) is 1.70. The molecule has 81 valence electrons. The number of nitrogens with zero attached hydrogens (tertiary/aromatic N) is 1. The molecule has 0 unspecified atom stereocenters. The summed E-state index contributed by atoms with van der Waals surface area (Å²) in [5.41, 5.74) is 0. The summed E-state index contributed by atoms with van der Waals surface area (Å²) >= 11 is 0. The zero-order valence-electron chi connectivity index (χ0n) is 8.43. The van der Waals surface area contributed by atoms with Crippen LogP contribution in [0.1, 0.15) is 26.2 Å². The highest BCUT2D eigenvalue weighted by Crippen LogP contribution is 2.23. The Bertz CT molecular complexity index is 205. The minimum atomic E-state index is -3.22. The van der Waals surface area contributed by atoms with Crippen molar-refractivity contribution in [3.05, 3.63) is 6.92 Å². The molecule has 0 aromatic carbocycles. The minimum Gasteiger partial charge on any atom is -0.337 e. The van der Waals surface area contributed by atoms with Gasteiger partial charge in [0, 0.05) is 20.0 Å². The van der Waals surface area contributed by atoms with Crippen molar-refractivity contribution in [3.8, 4) is 0 Å². The highest BCUT2D eigenvalue weighted by atomic mass is 19.3. The predicted octanol–water partition coefficient (Wildman–Crippen LogP) is 2.10. The van der Waals surface area contributed by atoms with Gasteiger partial charge in [0.2, 0.25) is 0 Å². The van der Waals surface area contributed by atoms with Crippen molar-refractivity contribution in [3.63, 3.8) is 0 Å². The third-order valence-corrected chi connectivity index (χ3v) is 2.69. The second-order valence-electron chi connectivity index (χ2n) is 3.91. The van der Waals surface area contributed by atoms with E-state index in [-0.39, 0.29) is 0 Å². The van der Waals surface area contributed by atoms with Gasteiger partial charge in [-0.2, -0.15) is 8.78 Å². The summed E-state index contributed by atoms with van der Waals surface area (Å²) < 4.78 is 25.4. The average Bonchev–Trinajstić information content (AvgIpc) is 2.15. The number of alkyl halides is 2. The second-order valence-corrected chi connectivity index (χ2v) is 3.91. The molecule has 0 bridgehead atoms. The quantitative estimate of drug-likeness (QED) is 0.674. The molecule has 4 heteroatoms. The van der Waals surface area contributed by atoms with E-state index >= 15 is 0 Å². The molecule has 0 aromatic rings. The van der Waals surface area contributed by atoms with Crippen LogP contribution in [0.3, 0.4) is 0 Å². The van der Waals surface area contributed by atoms with Crippen LogP contribution in [0, 0.1) is 12.8 Å². The highest BCUT2D eigenvalue weighted by molar-refractivity contribution is 5.83. The van der Waals surface area contributed by atoms with Gasteiger partial charge in [-0.25, -0.2) is 0 Å². The van der Waals surface area contributed by atoms with Crippen LogP contribution in [0.4, 0.5) is 8.78 Å². The van der Waals surface area contributed by atoms with E-state index in [9.17, 15) is 13.6 Å². The largest absolute Gasteiger partial charge is 0.337 e. The van der Waals surface area contributed by atoms with Crippen molar-refractivity contribution >= 4 is 5.91 Å². The van der Waals surface area contributed by atoms with Gasteiger partial charge in [0.1, 0.15) is 0 Å². The molecule has 1 rings (SSSR count). The smallest absolute Gasteiger partial charge is 0.322 e. The van der Waals surface area contributed by atoms with E-state index in [1.54, 1.807) is 0 Å². The molecule has 1 heterocycles. The van der Waals surface area contributed by atoms with Crippen LogP contribution >= 0.6 is 0 Å². The SMILES string of the molecule is [CH2]CC1CCN(C(=O)C(C)(F)F)CC1. The molecule has 1 aliphatic rings. The lowest BCUT2D eigenvalue weighted by atomic mass is 9.94. The first-order chi connectivity index (χ1) is 6.45. The summed E-state index contributed by atoms with van der Waals surface area (Å²) in [6.07, 6.45) is 2.42. The molecular formula is C10H16F2NO. The summed E-state index contributed by atoms with van der Waals surface area (Å²) in [5.74, 6) is -3.78. The Morgan fingerprint density at radius 3 is 2.36 bits per heavy atom. The molecular weight excluding hydrogens is 188 g/mol.